The number of hydrogen-bond donors (Lipinski definition) is 1. The molecule has 1 nitrogen and oxygen atoms in total. The van der Waals surface area contributed by atoms with Gasteiger partial charge in [0, 0.05) is 6.04 Å². The lowest BCUT2D eigenvalue weighted by molar-refractivity contribution is 0.295. The summed E-state index contributed by atoms with van der Waals surface area (Å²) < 4.78 is 0. The fourth-order valence-electron chi connectivity index (χ4n) is 5.15. The van der Waals surface area contributed by atoms with Crippen LogP contribution in [-0.2, 0) is 0 Å². The molecule has 110 valence electrons. The number of rotatable bonds is 4. The predicted octanol–water partition coefficient (Wildman–Crippen LogP) is 4.62. The molecule has 3 fully saturated rings. The summed E-state index contributed by atoms with van der Waals surface area (Å²) in [6.07, 6.45) is 13.4. The summed E-state index contributed by atoms with van der Waals surface area (Å²) in [5.74, 6) is 5.12. The minimum atomic E-state index is 0.836. The molecule has 3 saturated carbocycles. The van der Waals surface area contributed by atoms with E-state index in [2.05, 4.69) is 19.2 Å². The molecule has 0 aromatic heterocycles. The van der Waals surface area contributed by atoms with Gasteiger partial charge in [0.2, 0.25) is 0 Å². The maximum atomic E-state index is 3.95. The second-order valence-corrected chi connectivity index (χ2v) is 8.05. The van der Waals surface area contributed by atoms with E-state index in [1.54, 1.807) is 19.3 Å². The van der Waals surface area contributed by atoms with Crippen LogP contribution in [0, 0.1) is 29.6 Å². The molecule has 0 amide bonds. The van der Waals surface area contributed by atoms with E-state index >= 15 is 0 Å². The molecule has 3 aliphatic carbocycles. The van der Waals surface area contributed by atoms with Gasteiger partial charge in [-0.2, -0.15) is 0 Å². The molecule has 1 N–H and O–H groups in total. The first-order valence-electron chi connectivity index (χ1n) is 8.95. The fraction of sp³-hybridized carbons (Fsp3) is 1.00. The van der Waals surface area contributed by atoms with E-state index in [4.69, 9.17) is 0 Å². The second-order valence-electron chi connectivity index (χ2n) is 8.05. The van der Waals surface area contributed by atoms with Gasteiger partial charge in [-0.25, -0.2) is 0 Å². The highest BCUT2D eigenvalue weighted by molar-refractivity contribution is 4.91. The third kappa shape index (κ3) is 3.35. The molecule has 2 bridgehead atoms. The monoisotopic (exact) mass is 263 g/mol. The average molecular weight is 263 g/mol. The van der Waals surface area contributed by atoms with E-state index in [-0.39, 0.29) is 0 Å². The predicted molar refractivity (Wildman–Crippen MR) is 82.1 cm³/mol. The van der Waals surface area contributed by atoms with E-state index < -0.39 is 0 Å². The molecule has 0 radical (unpaired) electrons. The van der Waals surface area contributed by atoms with E-state index in [1.165, 1.54) is 45.1 Å². The maximum Gasteiger partial charge on any atom is 0.00672 e. The molecule has 0 saturated heterocycles. The van der Waals surface area contributed by atoms with Crippen LogP contribution >= 0.6 is 0 Å². The smallest absolute Gasteiger partial charge is 0.00672 e. The van der Waals surface area contributed by atoms with Gasteiger partial charge in [0.05, 0.1) is 0 Å². The van der Waals surface area contributed by atoms with Crippen molar-refractivity contribution in [1.29, 1.82) is 0 Å². The third-order valence-corrected chi connectivity index (χ3v) is 6.51. The zero-order valence-electron chi connectivity index (χ0n) is 13.0. The van der Waals surface area contributed by atoms with Crippen LogP contribution in [0.1, 0.15) is 71.6 Å². The summed E-state index contributed by atoms with van der Waals surface area (Å²) in [4.78, 5) is 0. The lowest BCUT2D eigenvalue weighted by Crippen LogP contribution is -2.34. The molecule has 0 aromatic carbocycles. The van der Waals surface area contributed by atoms with Crippen molar-refractivity contribution in [3.63, 3.8) is 0 Å². The lowest BCUT2D eigenvalue weighted by Gasteiger charge is -2.25. The molecule has 3 rings (SSSR count). The van der Waals surface area contributed by atoms with Gasteiger partial charge in [0.25, 0.3) is 0 Å². The molecule has 0 aliphatic heterocycles. The Bertz CT molecular complexity index is 285. The summed E-state index contributed by atoms with van der Waals surface area (Å²) in [7, 11) is 0. The topological polar surface area (TPSA) is 12.0 Å². The standard InChI is InChI=1S/C18H33N/c1-13(2)15-4-3-5-18(9-8-15)19-12-17-11-14-6-7-16(17)10-14/h13-19H,3-12H2,1-2H3. The van der Waals surface area contributed by atoms with Crippen molar-refractivity contribution in [3.8, 4) is 0 Å². The van der Waals surface area contributed by atoms with Crippen molar-refractivity contribution < 1.29 is 0 Å². The SMILES string of the molecule is CC(C)C1CCCC(NCC2CC3CCC2C3)CC1. The van der Waals surface area contributed by atoms with Crippen molar-refractivity contribution in [3.05, 3.63) is 0 Å². The second kappa shape index (κ2) is 6.16. The first-order chi connectivity index (χ1) is 9.22. The Labute approximate surface area is 119 Å². The van der Waals surface area contributed by atoms with Gasteiger partial charge in [0.15, 0.2) is 0 Å². The normalized spacial score (nSPS) is 42.8. The van der Waals surface area contributed by atoms with Gasteiger partial charge >= 0.3 is 0 Å². The Morgan fingerprint density at radius 2 is 1.84 bits per heavy atom. The Balaban J connectivity index is 1.41. The summed E-state index contributed by atoms with van der Waals surface area (Å²) >= 11 is 0. The highest BCUT2D eigenvalue weighted by atomic mass is 14.9. The molecule has 0 spiro atoms. The number of fused-ring (bicyclic) bond motifs is 2. The van der Waals surface area contributed by atoms with Crippen LogP contribution in [0.25, 0.3) is 0 Å². The fourth-order valence-corrected chi connectivity index (χ4v) is 5.15. The quantitative estimate of drug-likeness (QED) is 0.730. The third-order valence-electron chi connectivity index (χ3n) is 6.51. The Hall–Kier alpha value is -0.0400. The minimum Gasteiger partial charge on any atom is -0.314 e. The van der Waals surface area contributed by atoms with Crippen LogP contribution in [0.3, 0.4) is 0 Å². The van der Waals surface area contributed by atoms with Gasteiger partial charge in [-0.05, 0) is 74.7 Å². The highest BCUT2D eigenvalue weighted by Gasteiger charge is 2.39. The van der Waals surface area contributed by atoms with Crippen LogP contribution in [-0.4, -0.2) is 12.6 Å². The van der Waals surface area contributed by atoms with Gasteiger partial charge in [-0.3, -0.25) is 0 Å². The van der Waals surface area contributed by atoms with Gasteiger partial charge < -0.3 is 5.32 Å². The van der Waals surface area contributed by atoms with Crippen molar-refractivity contribution in [2.45, 2.75) is 77.7 Å². The van der Waals surface area contributed by atoms with E-state index in [9.17, 15) is 0 Å². The zero-order valence-corrected chi connectivity index (χ0v) is 13.0. The van der Waals surface area contributed by atoms with Gasteiger partial charge in [-0.15, -0.1) is 0 Å². The summed E-state index contributed by atoms with van der Waals surface area (Å²) in [5.41, 5.74) is 0. The van der Waals surface area contributed by atoms with Crippen LogP contribution in [0.15, 0.2) is 0 Å². The minimum absolute atomic E-state index is 0.836. The van der Waals surface area contributed by atoms with Crippen LogP contribution in [0.2, 0.25) is 0 Å². The summed E-state index contributed by atoms with van der Waals surface area (Å²) in [6.45, 7) is 6.15. The zero-order chi connectivity index (χ0) is 13.2. The van der Waals surface area contributed by atoms with E-state index in [1.807, 2.05) is 0 Å². The van der Waals surface area contributed by atoms with E-state index in [0.717, 1.165) is 35.6 Å². The first-order valence-corrected chi connectivity index (χ1v) is 8.95. The van der Waals surface area contributed by atoms with Crippen molar-refractivity contribution in [2.75, 3.05) is 6.54 Å². The van der Waals surface area contributed by atoms with Crippen LogP contribution in [0.5, 0.6) is 0 Å². The molecule has 5 atom stereocenters. The average Bonchev–Trinajstić information content (AvgIpc) is 2.92. The molecular weight excluding hydrogens is 230 g/mol. The Kier molecular flexibility index (Phi) is 4.51. The summed E-state index contributed by atoms with van der Waals surface area (Å²) in [5, 5.41) is 3.95. The molecule has 19 heavy (non-hydrogen) atoms. The number of hydrogen-bond acceptors (Lipinski definition) is 1. The van der Waals surface area contributed by atoms with Crippen molar-refractivity contribution >= 4 is 0 Å². The lowest BCUT2D eigenvalue weighted by atomic mass is 9.88. The van der Waals surface area contributed by atoms with Crippen LogP contribution < -0.4 is 5.32 Å². The maximum absolute atomic E-state index is 3.95. The van der Waals surface area contributed by atoms with Gasteiger partial charge in [-0.1, -0.05) is 33.1 Å². The molecule has 3 aliphatic rings. The highest BCUT2D eigenvalue weighted by Crippen LogP contribution is 2.48. The van der Waals surface area contributed by atoms with Crippen LogP contribution in [0.4, 0.5) is 0 Å². The van der Waals surface area contributed by atoms with Crippen molar-refractivity contribution in [1.82, 2.24) is 5.32 Å². The first kappa shape index (κ1) is 13.9. The van der Waals surface area contributed by atoms with Crippen molar-refractivity contribution in [2.24, 2.45) is 29.6 Å². The molecule has 5 unspecified atom stereocenters. The molecule has 0 heterocycles. The van der Waals surface area contributed by atoms with Gasteiger partial charge in [0.1, 0.15) is 0 Å². The largest absolute Gasteiger partial charge is 0.314 e. The number of nitrogens with one attached hydrogen (secondary N) is 1. The molecule has 1 heteroatoms. The summed E-state index contributed by atoms with van der Waals surface area (Å²) in [6, 6.07) is 0.836. The Morgan fingerprint density at radius 1 is 0.947 bits per heavy atom. The molecular formula is C18H33N. The molecule has 0 aromatic rings. The van der Waals surface area contributed by atoms with E-state index in [0.29, 0.717) is 0 Å². The Morgan fingerprint density at radius 3 is 2.53 bits per heavy atom.